The Hall–Kier alpha value is -0.940. The van der Waals surface area contributed by atoms with E-state index in [-0.39, 0.29) is 11.6 Å². The summed E-state index contributed by atoms with van der Waals surface area (Å²) in [4.78, 5) is 16.8. The Kier molecular flexibility index (Phi) is 2.44. The first-order valence-corrected chi connectivity index (χ1v) is 6.68. The second kappa shape index (κ2) is 3.82. The molecule has 82 valence electrons. The van der Waals surface area contributed by atoms with Crippen molar-refractivity contribution in [2.75, 3.05) is 11.5 Å². The van der Waals surface area contributed by atoms with Gasteiger partial charge in [-0.05, 0) is 12.1 Å². The molecule has 2 aromatic rings. The lowest BCUT2D eigenvalue weighted by Crippen LogP contribution is -2.25. The molecule has 0 amide bonds. The van der Waals surface area contributed by atoms with Crippen molar-refractivity contribution < 1.29 is 0 Å². The summed E-state index contributed by atoms with van der Waals surface area (Å²) in [7, 11) is 0. The zero-order valence-electron chi connectivity index (χ0n) is 8.46. The van der Waals surface area contributed by atoms with E-state index in [4.69, 9.17) is 0 Å². The maximum absolute atomic E-state index is 12.3. The van der Waals surface area contributed by atoms with Crippen molar-refractivity contribution in [1.29, 1.82) is 0 Å². The second-order valence-corrected chi connectivity index (χ2v) is 5.09. The maximum atomic E-state index is 12.3. The summed E-state index contributed by atoms with van der Waals surface area (Å²) in [6.45, 7) is 0. The number of benzene rings is 1. The Balaban J connectivity index is 2.37. The molecule has 3 nitrogen and oxygen atoms in total. The topological polar surface area (TPSA) is 34.9 Å². The molecule has 0 saturated carbocycles. The summed E-state index contributed by atoms with van der Waals surface area (Å²) in [5.74, 6) is 1.57. The SMILES string of the molecule is O=c1c2ccccc2nc2n1[C@@H](CS)CS2. The van der Waals surface area contributed by atoms with Gasteiger partial charge in [0.05, 0.1) is 16.9 Å². The second-order valence-electron chi connectivity index (χ2n) is 3.73. The van der Waals surface area contributed by atoms with Crippen LogP contribution in [0, 0.1) is 0 Å². The van der Waals surface area contributed by atoms with Gasteiger partial charge in [0, 0.05) is 11.5 Å². The van der Waals surface area contributed by atoms with Crippen LogP contribution < -0.4 is 5.56 Å². The van der Waals surface area contributed by atoms with E-state index >= 15 is 0 Å². The largest absolute Gasteiger partial charge is 0.282 e. The molecule has 1 aromatic heterocycles. The zero-order chi connectivity index (χ0) is 11.1. The van der Waals surface area contributed by atoms with Gasteiger partial charge in [-0.25, -0.2) is 4.98 Å². The van der Waals surface area contributed by atoms with Gasteiger partial charge in [-0.2, -0.15) is 12.6 Å². The van der Waals surface area contributed by atoms with Crippen molar-refractivity contribution in [2.24, 2.45) is 0 Å². The molecule has 0 fully saturated rings. The highest BCUT2D eigenvalue weighted by Gasteiger charge is 2.24. The molecule has 0 spiro atoms. The summed E-state index contributed by atoms with van der Waals surface area (Å²) < 4.78 is 1.78. The number of rotatable bonds is 1. The number of fused-ring (bicyclic) bond motifs is 2. The Labute approximate surface area is 102 Å². The molecule has 1 aromatic carbocycles. The van der Waals surface area contributed by atoms with Crippen LogP contribution in [0.4, 0.5) is 0 Å². The number of hydrogen-bond acceptors (Lipinski definition) is 4. The fraction of sp³-hybridized carbons (Fsp3) is 0.273. The third-order valence-electron chi connectivity index (χ3n) is 2.76. The Bertz CT molecular complexity index is 608. The van der Waals surface area contributed by atoms with Crippen LogP contribution in [-0.2, 0) is 0 Å². The third kappa shape index (κ3) is 1.38. The zero-order valence-corrected chi connectivity index (χ0v) is 10.2. The Morgan fingerprint density at radius 2 is 2.31 bits per heavy atom. The number of hydrogen-bond donors (Lipinski definition) is 1. The van der Waals surface area contributed by atoms with Crippen LogP contribution in [0.15, 0.2) is 34.2 Å². The van der Waals surface area contributed by atoms with Crippen molar-refractivity contribution in [3.8, 4) is 0 Å². The molecule has 1 aliphatic heterocycles. The van der Waals surface area contributed by atoms with Gasteiger partial charge in [0.15, 0.2) is 5.16 Å². The standard InChI is InChI=1S/C11H10N2OS2/c14-10-8-3-1-2-4-9(8)12-11-13(10)7(5-15)6-16-11/h1-4,7,15H,5-6H2/t7-/m0/s1. The molecule has 0 N–H and O–H groups in total. The minimum absolute atomic E-state index is 0.0599. The lowest BCUT2D eigenvalue weighted by molar-refractivity contribution is 0.559. The van der Waals surface area contributed by atoms with Crippen LogP contribution >= 0.6 is 24.4 Å². The van der Waals surface area contributed by atoms with E-state index in [9.17, 15) is 4.79 Å². The summed E-state index contributed by atoms with van der Waals surface area (Å²) in [5.41, 5.74) is 0.843. The van der Waals surface area contributed by atoms with Crippen molar-refractivity contribution in [3.63, 3.8) is 0 Å². The minimum Gasteiger partial charge on any atom is -0.282 e. The van der Waals surface area contributed by atoms with Crippen molar-refractivity contribution in [1.82, 2.24) is 9.55 Å². The van der Waals surface area contributed by atoms with Gasteiger partial charge >= 0.3 is 0 Å². The Morgan fingerprint density at radius 3 is 3.12 bits per heavy atom. The molecule has 0 unspecified atom stereocenters. The molecule has 0 saturated heterocycles. The maximum Gasteiger partial charge on any atom is 0.262 e. The average molecular weight is 250 g/mol. The predicted octanol–water partition coefficient (Wildman–Crippen LogP) is 1.97. The van der Waals surface area contributed by atoms with Gasteiger partial charge in [-0.1, -0.05) is 23.9 Å². The molecule has 16 heavy (non-hydrogen) atoms. The van der Waals surface area contributed by atoms with Gasteiger partial charge in [0.25, 0.3) is 5.56 Å². The van der Waals surface area contributed by atoms with Gasteiger partial charge in [0.1, 0.15) is 0 Å². The van der Waals surface area contributed by atoms with Crippen LogP contribution in [0.1, 0.15) is 6.04 Å². The molecule has 1 atom stereocenters. The first-order valence-electron chi connectivity index (χ1n) is 5.06. The first kappa shape index (κ1) is 10.2. The fourth-order valence-electron chi connectivity index (χ4n) is 1.93. The molecule has 3 rings (SSSR count). The van der Waals surface area contributed by atoms with Crippen LogP contribution in [0.5, 0.6) is 0 Å². The first-order chi connectivity index (χ1) is 7.81. The molecule has 0 bridgehead atoms. The Morgan fingerprint density at radius 1 is 1.50 bits per heavy atom. The van der Waals surface area contributed by atoms with Gasteiger partial charge in [-0.3, -0.25) is 9.36 Å². The quantitative estimate of drug-likeness (QED) is 0.621. The third-order valence-corrected chi connectivity index (χ3v) is 4.28. The summed E-state index contributed by atoms with van der Waals surface area (Å²) in [6, 6.07) is 7.66. The van der Waals surface area contributed by atoms with Gasteiger partial charge in [0.2, 0.25) is 0 Å². The van der Waals surface area contributed by atoms with E-state index in [1.807, 2.05) is 24.3 Å². The minimum atomic E-state index is 0.0599. The van der Waals surface area contributed by atoms with E-state index in [1.54, 1.807) is 16.3 Å². The van der Waals surface area contributed by atoms with Crippen LogP contribution in [0.3, 0.4) is 0 Å². The summed E-state index contributed by atoms with van der Waals surface area (Å²) in [5, 5.41) is 1.52. The van der Waals surface area contributed by atoms with Crippen LogP contribution in [0.2, 0.25) is 0 Å². The lowest BCUT2D eigenvalue weighted by atomic mass is 10.2. The molecule has 0 radical (unpaired) electrons. The highest BCUT2D eigenvalue weighted by molar-refractivity contribution is 7.99. The molecule has 0 aliphatic carbocycles. The van der Waals surface area contributed by atoms with Gasteiger partial charge in [-0.15, -0.1) is 0 Å². The van der Waals surface area contributed by atoms with E-state index < -0.39 is 0 Å². The molecule has 2 heterocycles. The summed E-state index contributed by atoms with van der Waals surface area (Å²) in [6.07, 6.45) is 0. The highest BCUT2D eigenvalue weighted by Crippen LogP contribution is 2.31. The smallest absolute Gasteiger partial charge is 0.262 e. The average Bonchev–Trinajstić information content (AvgIpc) is 2.72. The molecular weight excluding hydrogens is 240 g/mol. The van der Waals surface area contributed by atoms with E-state index in [2.05, 4.69) is 17.6 Å². The van der Waals surface area contributed by atoms with E-state index in [0.717, 1.165) is 16.4 Å². The number of thioether (sulfide) groups is 1. The molecule has 1 aliphatic rings. The lowest BCUT2D eigenvalue weighted by Gasteiger charge is -2.10. The molecular formula is C11H10N2OS2. The van der Waals surface area contributed by atoms with Crippen molar-refractivity contribution >= 4 is 35.3 Å². The number of nitrogens with zero attached hydrogens (tertiary/aromatic N) is 2. The van der Waals surface area contributed by atoms with Crippen LogP contribution in [0.25, 0.3) is 10.9 Å². The van der Waals surface area contributed by atoms with Crippen molar-refractivity contribution in [2.45, 2.75) is 11.2 Å². The predicted molar refractivity (Wildman–Crippen MR) is 69.6 cm³/mol. The summed E-state index contributed by atoms with van der Waals surface area (Å²) >= 11 is 5.91. The molecule has 5 heteroatoms. The van der Waals surface area contributed by atoms with Gasteiger partial charge < -0.3 is 0 Å². The van der Waals surface area contributed by atoms with Crippen molar-refractivity contribution in [3.05, 3.63) is 34.6 Å². The van der Waals surface area contributed by atoms with E-state index in [0.29, 0.717) is 11.1 Å². The van der Waals surface area contributed by atoms with E-state index in [1.165, 1.54) is 0 Å². The fourth-order valence-corrected chi connectivity index (χ4v) is 3.54. The normalized spacial score (nSPS) is 18.9. The number of thiol groups is 1. The number of aromatic nitrogens is 2. The monoisotopic (exact) mass is 250 g/mol. The van der Waals surface area contributed by atoms with Crippen LogP contribution in [-0.4, -0.2) is 21.1 Å². The number of para-hydroxylation sites is 1. The highest BCUT2D eigenvalue weighted by atomic mass is 32.2.